The molecule has 18 heavy (non-hydrogen) atoms. The Labute approximate surface area is 110 Å². The maximum atomic E-state index is 5.26. The van der Waals surface area contributed by atoms with Crippen LogP contribution in [-0.2, 0) is 0 Å². The van der Waals surface area contributed by atoms with Crippen LogP contribution in [-0.4, -0.2) is 12.1 Å². The minimum atomic E-state index is 0.497. The summed E-state index contributed by atoms with van der Waals surface area (Å²) >= 11 is 0. The number of fused-ring (bicyclic) bond motifs is 1. The molecule has 0 aliphatic carbocycles. The molecule has 2 aromatic rings. The van der Waals surface area contributed by atoms with Gasteiger partial charge < -0.3 is 4.74 Å². The van der Waals surface area contributed by atoms with Crippen molar-refractivity contribution in [1.29, 1.82) is 0 Å². The van der Waals surface area contributed by atoms with Gasteiger partial charge in [0.05, 0.1) is 12.6 Å². The van der Waals surface area contributed by atoms with Gasteiger partial charge >= 0.3 is 0 Å². The first-order chi connectivity index (χ1) is 8.61. The highest BCUT2D eigenvalue weighted by Gasteiger charge is 2.08. The Bertz CT molecular complexity index is 518. The predicted molar refractivity (Wildman–Crippen MR) is 78.5 cm³/mol. The van der Waals surface area contributed by atoms with Crippen LogP contribution in [0.25, 0.3) is 10.9 Å². The molecule has 98 valence electrons. The molecule has 0 spiro atoms. The Hall–Kier alpha value is -1.57. The molecule has 1 aromatic heterocycles. The first-order valence-electron chi connectivity index (χ1n) is 6.57. The average molecular weight is 245 g/mol. The summed E-state index contributed by atoms with van der Waals surface area (Å²) in [7, 11) is 1.69. The van der Waals surface area contributed by atoms with E-state index in [4.69, 9.17) is 4.74 Å². The summed E-state index contributed by atoms with van der Waals surface area (Å²) in [6, 6.07) is 8.20. The number of hydrogen-bond donors (Lipinski definition) is 0. The van der Waals surface area contributed by atoms with Gasteiger partial charge in [0, 0.05) is 11.1 Å². The molecule has 0 radical (unpaired) electrons. The molecule has 0 bridgehead atoms. The summed E-state index contributed by atoms with van der Waals surface area (Å²) in [5.41, 5.74) is 3.45. The van der Waals surface area contributed by atoms with Gasteiger partial charge in [-0.1, -0.05) is 27.7 Å². The van der Waals surface area contributed by atoms with Crippen LogP contribution >= 0.6 is 0 Å². The number of nitrogens with zero attached hydrogens (tertiary/aromatic N) is 1. The molecule has 2 nitrogen and oxygen atoms in total. The molecule has 0 amide bonds. The van der Waals surface area contributed by atoms with E-state index in [-0.39, 0.29) is 0 Å². The number of benzene rings is 1. The zero-order valence-electron chi connectivity index (χ0n) is 12.2. The molecule has 0 fully saturated rings. The van der Waals surface area contributed by atoms with Gasteiger partial charge in [0.1, 0.15) is 5.75 Å². The Morgan fingerprint density at radius 2 is 1.78 bits per heavy atom. The van der Waals surface area contributed by atoms with Gasteiger partial charge in [-0.05, 0) is 42.7 Å². The van der Waals surface area contributed by atoms with Gasteiger partial charge in [-0.2, -0.15) is 0 Å². The lowest BCUT2D eigenvalue weighted by molar-refractivity contribution is 0.415. The van der Waals surface area contributed by atoms with Crippen molar-refractivity contribution in [3.05, 3.63) is 35.5 Å². The van der Waals surface area contributed by atoms with E-state index in [0.717, 1.165) is 17.0 Å². The topological polar surface area (TPSA) is 22.1 Å². The second-order valence-corrected chi connectivity index (χ2v) is 4.39. The number of ether oxygens (including phenoxy) is 1. The van der Waals surface area contributed by atoms with Crippen LogP contribution in [0.2, 0.25) is 0 Å². The van der Waals surface area contributed by atoms with E-state index in [1.54, 1.807) is 7.11 Å². The van der Waals surface area contributed by atoms with Crippen molar-refractivity contribution in [1.82, 2.24) is 4.98 Å². The zero-order valence-corrected chi connectivity index (χ0v) is 12.2. The summed E-state index contributed by atoms with van der Waals surface area (Å²) in [6.45, 7) is 10.4. The predicted octanol–water partition coefficient (Wildman–Crippen LogP) is 4.70. The summed E-state index contributed by atoms with van der Waals surface area (Å²) in [5, 5.41) is 1.19. The third-order valence-corrected chi connectivity index (χ3v) is 2.80. The number of methoxy groups -OCH3 is 1. The smallest absolute Gasteiger partial charge is 0.119 e. The molecule has 0 N–H and O–H groups in total. The number of aromatic nitrogens is 1. The molecule has 0 saturated heterocycles. The first-order valence-corrected chi connectivity index (χ1v) is 6.57. The van der Waals surface area contributed by atoms with E-state index >= 15 is 0 Å². The zero-order chi connectivity index (χ0) is 13.7. The highest BCUT2D eigenvalue weighted by atomic mass is 16.5. The Morgan fingerprint density at radius 1 is 1.11 bits per heavy atom. The molecule has 0 saturated carbocycles. The third-order valence-electron chi connectivity index (χ3n) is 2.80. The molecular formula is C16H23NO. The SMILES string of the molecule is CC.COc1ccc2nc(C)cc(C(C)C)c2c1. The van der Waals surface area contributed by atoms with Crippen LogP contribution in [0, 0.1) is 6.92 Å². The number of rotatable bonds is 2. The Balaban J connectivity index is 0.000000771. The van der Waals surface area contributed by atoms with Crippen molar-refractivity contribution in [2.45, 2.75) is 40.5 Å². The van der Waals surface area contributed by atoms with Crippen LogP contribution in [0.5, 0.6) is 5.75 Å². The maximum absolute atomic E-state index is 5.26. The minimum absolute atomic E-state index is 0.497. The summed E-state index contributed by atoms with van der Waals surface area (Å²) < 4.78 is 5.26. The fourth-order valence-corrected chi connectivity index (χ4v) is 1.97. The van der Waals surface area contributed by atoms with Gasteiger partial charge in [0.15, 0.2) is 0 Å². The molecule has 0 aliphatic rings. The van der Waals surface area contributed by atoms with Gasteiger partial charge in [-0.3, -0.25) is 4.98 Å². The Morgan fingerprint density at radius 3 is 2.33 bits per heavy atom. The molecule has 0 aliphatic heterocycles. The fourth-order valence-electron chi connectivity index (χ4n) is 1.97. The summed E-state index contributed by atoms with van der Waals surface area (Å²) in [5.74, 6) is 1.39. The van der Waals surface area contributed by atoms with Gasteiger partial charge in [-0.25, -0.2) is 0 Å². The molecule has 0 atom stereocenters. The van der Waals surface area contributed by atoms with E-state index in [1.165, 1.54) is 10.9 Å². The standard InChI is InChI=1S/C14H17NO.C2H6/c1-9(2)12-7-10(3)15-14-6-5-11(16-4)8-13(12)14;1-2/h5-9H,1-4H3;1-2H3. The van der Waals surface area contributed by atoms with E-state index in [2.05, 4.69) is 31.0 Å². The largest absolute Gasteiger partial charge is 0.497 e. The number of pyridine rings is 1. The van der Waals surface area contributed by atoms with Crippen molar-refractivity contribution in [3.63, 3.8) is 0 Å². The molecule has 0 unspecified atom stereocenters. The third kappa shape index (κ3) is 3.00. The number of hydrogen-bond acceptors (Lipinski definition) is 2. The van der Waals surface area contributed by atoms with Crippen molar-refractivity contribution in [2.24, 2.45) is 0 Å². The van der Waals surface area contributed by atoms with Crippen molar-refractivity contribution >= 4 is 10.9 Å². The van der Waals surface area contributed by atoms with Gasteiger partial charge in [0.2, 0.25) is 0 Å². The first kappa shape index (κ1) is 14.5. The van der Waals surface area contributed by atoms with Gasteiger partial charge in [-0.15, -0.1) is 0 Å². The lowest BCUT2D eigenvalue weighted by Crippen LogP contribution is -1.95. The maximum Gasteiger partial charge on any atom is 0.119 e. The van der Waals surface area contributed by atoms with E-state index in [9.17, 15) is 0 Å². The van der Waals surface area contributed by atoms with E-state index in [0.29, 0.717) is 5.92 Å². The fraction of sp³-hybridized carbons (Fsp3) is 0.438. The molecule has 1 heterocycles. The van der Waals surface area contributed by atoms with Crippen molar-refractivity contribution in [2.75, 3.05) is 7.11 Å². The molecular weight excluding hydrogens is 222 g/mol. The highest BCUT2D eigenvalue weighted by Crippen LogP contribution is 2.28. The summed E-state index contributed by atoms with van der Waals surface area (Å²) in [6.07, 6.45) is 0. The normalized spacial score (nSPS) is 10.2. The van der Waals surface area contributed by atoms with Crippen LogP contribution < -0.4 is 4.74 Å². The van der Waals surface area contributed by atoms with Crippen LogP contribution in [0.1, 0.15) is 44.9 Å². The lowest BCUT2D eigenvalue weighted by Gasteiger charge is -2.12. The molecule has 2 rings (SSSR count). The number of aryl methyl sites for hydroxylation is 1. The van der Waals surface area contributed by atoms with Crippen LogP contribution in [0.4, 0.5) is 0 Å². The van der Waals surface area contributed by atoms with Crippen molar-refractivity contribution in [3.8, 4) is 5.75 Å². The van der Waals surface area contributed by atoms with Gasteiger partial charge in [0.25, 0.3) is 0 Å². The Kier molecular flexibility index (Phi) is 5.14. The molecule has 2 heteroatoms. The average Bonchev–Trinajstić information content (AvgIpc) is 2.39. The summed E-state index contributed by atoms with van der Waals surface area (Å²) in [4.78, 5) is 4.54. The van der Waals surface area contributed by atoms with E-state index in [1.807, 2.05) is 32.9 Å². The molecule has 1 aromatic carbocycles. The van der Waals surface area contributed by atoms with Crippen molar-refractivity contribution < 1.29 is 4.74 Å². The minimum Gasteiger partial charge on any atom is -0.497 e. The van der Waals surface area contributed by atoms with Crippen LogP contribution in [0.3, 0.4) is 0 Å². The quantitative estimate of drug-likeness (QED) is 0.765. The highest BCUT2D eigenvalue weighted by molar-refractivity contribution is 5.84. The second kappa shape index (κ2) is 6.39. The second-order valence-electron chi connectivity index (χ2n) is 4.39. The monoisotopic (exact) mass is 245 g/mol. The van der Waals surface area contributed by atoms with Crippen LogP contribution in [0.15, 0.2) is 24.3 Å². The van der Waals surface area contributed by atoms with E-state index < -0.39 is 0 Å². The lowest BCUT2D eigenvalue weighted by atomic mass is 9.98.